The van der Waals surface area contributed by atoms with Crippen LogP contribution in [0.4, 0.5) is 0 Å². The summed E-state index contributed by atoms with van der Waals surface area (Å²) in [4.78, 5) is 29.8. The quantitative estimate of drug-likeness (QED) is 0.414. The van der Waals surface area contributed by atoms with Gasteiger partial charge in [-0.15, -0.1) is 0 Å². The molecule has 0 aliphatic carbocycles. The molecule has 5 heterocycles. The van der Waals surface area contributed by atoms with Crippen LogP contribution in [0.2, 0.25) is 0 Å². The molecule has 0 saturated heterocycles. The zero-order valence-corrected chi connectivity index (χ0v) is 18.0. The molecule has 4 aromatic heterocycles. The van der Waals surface area contributed by atoms with Crippen molar-refractivity contribution in [3.05, 3.63) is 72.3 Å². The number of rotatable bonds is 6. The Kier molecular flexibility index (Phi) is 5.25. The summed E-state index contributed by atoms with van der Waals surface area (Å²) in [6.07, 6.45) is 6.56. The molecule has 4 aromatic rings. The van der Waals surface area contributed by atoms with Crippen molar-refractivity contribution in [3.63, 3.8) is 0 Å². The molecule has 0 bridgehead atoms. The van der Waals surface area contributed by atoms with Gasteiger partial charge in [0.25, 0.3) is 5.91 Å². The van der Waals surface area contributed by atoms with Crippen molar-refractivity contribution in [2.75, 3.05) is 6.61 Å². The van der Waals surface area contributed by atoms with Crippen molar-refractivity contribution < 1.29 is 23.2 Å². The lowest BCUT2D eigenvalue weighted by molar-refractivity contribution is -0.136. The minimum absolute atomic E-state index is 0.139. The maximum absolute atomic E-state index is 12.9. The molecular weight excluding hydrogens is 426 g/mol. The van der Waals surface area contributed by atoms with Crippen molar-refractivity contribution in [2.24, 2.45) is 5.10 Å². The van der Waals surface area contributed by atoms with E-state index in [1.54, 1.807) is 47.5 Å². The summed E-state index contributed by atoms with van der Waals surface area (Å²) in [6, 6.07) is 8.38. The van der Waals surface area contributed by atoms with Gasteiger partial charge >= 0.3 is 5.97 Å². The van der Waals surface area contributed by atoms with Crippen LogP contribution >= 0.6 is 0 Å². The first kappa shape index (κ1) is 20.7. The molecule has 0 radical (unpaired) electrons. The second kappa shape index (κ2) is 8.38. The largest absolute Gasteiger partial charge is 0.467 e. The number of hydrogen-bond donors (Lipinski definition) is 0. The Bertz CT molecular complexity index is 1320. The van der Waals surface area contributed by atoms with E-state index in [1.807, 2.05) is 13.8 Å². The highest BCUT2D eigenvalue weighted by Gasteiger charge is 2.36. The van der Waals surface area contributed by atoms with E-state index in [2.05, 4.69) is 15.2 Å². The van der Waals surface area contributed by atoms with E-state index in [4.69, 9.17) is 13.6 Å². The van der Waals surface area contributed by atoms with Gasteiger partial charge in [-0.25, -0.2) is 19.5 Å². The molecule has 0 spiro atoms. The van der Waals surface area contributed by atoms with E-state index < -0.39 is 24.5 Å². The SMILES string of the molecule is CC(C)n1ncc2cc(C(=O)OCC(=O)N3N=C(c4ccco4)C[C@H]3c3ccco3)cnc21. The number of carbonyl (C=O) groups excluding carboxylic acids is 2. The topological polar surface area (TPSA) is 116 Å². The second-order valence-electron chi connectivity index (χ2n) is 7.89. The molecule has 0 saturated carbocycles. The van der Waals surface area contributed by atoms with Gasteiger partial charge in [0, 0.05) is 24.0 Å². The van der Waals surface area contributed by atoms with E-state index >= 15 is 0 Å². The van der Waals surface area contributed by atoms with Crippen molar-refractivity contribution in [1.82, 2.24) is 19.8 Å². The first-order valence-electron chi connectivity index (χ1n) is 10.5. The molecule has 0 fully saturated rings. The number of hydrazone groups is 1. The normalized spacial score (nSPS) is 15.9. The molecule has 33 heavy (non-hydrogen) atoms. The number of esters is 1. The van der Waals surface area contributed by atoms with Gasteiger partial charge in [0.2, 0.25) is 0 Å². The lowest BCUT2D eigenvalue weighted by atomic mass is 10.1. The van der Waals surface area contributed by atoms with E-state index in [9.17, 15) is 9.59 Å². The van der Waals surface area contributed by atoms with Crippen LogP contribution in [0.3, 0.4) is 0 Å². The van der Waals surface area contributed by atoms with Crippen LogP contribution in [-0.4, -0.2) is 44.0 Å². The number of aromatic nitrogens is 3. The highest BCUT2D eigenvalue weighted by Crippen LogP contribution is 2.33. The van der Waals surface area contributed by atoms with Crippen molar-refractivity contribution in [2.45, 2.75) is 32.4 Å². The number of ether oxygens (including phenoxy) is 1. The lowest BCUT2D eigenvalue weighted by Gasteiger charge is -2.19. The predicted octanol–water partition coefficient (Wildman–Crippen LogP) is 3.73. The summed E-state index contributed by atoms with van der Waals surface area (Å²) in [5.74, 6) is 0.0176. The van der Waals surface area contributed by atoms with Gasteiger partial charge in [-0.3, -0.25) is 4.79 Å². The van der Waals surface area contributed by atoms with E-state index in [1.165, 1.54) is 17.5 Å². The van der Waals surface area contributed by atoms with Gasteiger partial charge < -0.3 is 13.6 Å². The Morgan fingerprint density at radius 1 is 1.18 bits per heavy atom. The van der Waals surface area contributed by atoms with Gasteiger partial charge in [0.05, 0.1) is 24.3 Å². The first-order chi connectivity index (χ1) is 16.0. The van der Waals surface area contributed by atoms with Crippen LogP contribution in [0.5, 0.6) is 0 Å². The third-order valence-corrected chi connectivity index (χ3v) is 5.33. The molecule has 0 unspecified atom stereocenters. The average Bonchev–Trinajstić information content (AvgIpc) is 3.61. The molecule has 0 N–H and O–H groups in total. The van der Waals surface area contributed by atoms with Gasteiger partial charge in [-0.2, -0.15) is 10.2 Å². The van der Waals surface area contributed by atoms with Gasteiger partial charge in [-0.05, 0) is 44.2 Å². The lowest BCUT2D eigenvalue weighted by Crippen LogP contribution is -2.31. The van der Waals surface area contributed by atoms with Crippen molar-refractivity contribution >= 4 is 28.6 Å². The molecule has 10 heteroatoms. The Balaban J connectivity index is 1.31. The van der Waals surface area contributed by atoms with Gasteiger partial charge in [0.15, 0.2) is 12.3 Å². The highest BCUT2D eigenvalue weighted by molar-refractivity contribution is 6.01. The minimum Gasteiger partial charge on any atom is -0.467 e. The summed E-state index contributed by atoms with van der Waals surface area (Å²) in [7, 11) is 0. The standard InChI is InChI=1S/C23H21N5O5/c1-14(2)27-22-15(12-25-27)9-16(11-24-22)23(30)33-13-21(29)28-18(20-6-4-8-32-20)10-17(26-28)19-5-3-7-31-19/h3-9,11-12,14,18H,10,13H2,1-2H3/t18-/m0/s1. The predicted molar refractivity (Wildman–Crippen MR) is 116 cm³/mol. The summed E-state index contributed by atoms with van der Waals surface area (Å²) >= 11 is 0. The van der Waals surface area contributed by atoms with E-state index in [-0.39, 0.29) is 11.6 Å². The van der Waals surface area contributed by atoms with Crippen LogP contribution in [0, 0.1) is 0 Å². The third kappa shape index (κ3) is 3.91. The Hall–Kier alpha value is -4.21. The molecule has 5 rings (SSSR count). The van der Waals surface area contributed by atoms with Crippen molar-refractivity contribution in [3.8, 4) is 0 Å². The highest BCUT2D eigenvalue weighted by atomic mass is 16.5. The van der Waals surface area contributed by atoms with E-state index in [0.717, 1.165) is 5.39 Å². The van der Waals surface area contributed by atoms with Crippen LogP contribution in [0.25, 0.3) is 11.0 Å². The fraction of sp³-hybridized carbons (Fsp3) is 0.261. The maximum Gasteiger partial charge on any atom is 0.340 e. The molecule has 10 nitrogen and oxygen atoms in total. The Morgan fingerprint density at radius 3 is 2.73 bits per heavy atom. The molecule has 1 amide bonds. The molecule has 1 aliphatic rings. The third-order valence-electron chi connectivity index (χ3n) is 5.33. The number of nitrogens with zero attached hydrogens (tertiary/aromatic N) is 5. The van der Waals surface area contributed by atoms with Crippen LogP contribution in [0.15, 0.2) is 69.2 Å². The van der Waals surface area contributed by atoms with Crippen LogP contribution in [0.1, 0.15) is 54.2 Å². The zero-order valence-electron chi connectivity index (χ0n) is 18.0. The molecule has 1 atom stereocenters. The van der Waals surface area contributed by atoms with Gasteiger partial charge in [-0.1, -0.05) is 0 Å². The molecule has 0 aromatic carbocycles. The first-order valence-corrected chi connectivity index (χ1v) is 10.5. The summed E-state index contributed by atoms with van der Waals surface area (Å²) in [5.41, 5.74) is 1.52. The fourth-order valence-corrected chi connectivity index (χ4v) is 3.74. The summed E-state index contributed by atoms with van der Waals surface area (Å²) in [6.45, 7) is 3.51. The Morgan fingerprint density at radius 2 is 2.00 bits per heavy atom. The number of pyridine rings is 1. The van der Waals surface area contributed by atoms with Crippen LogP contribution in [-0.2, 0) is 9.53 Å². The summed E-state index contributed by atoms with van der Waals surface area (Å²) < 4.78 is 18.0. The van der Waals surface area contributed by atoms with Crippen LogP contribution < -0.4 is 0 Å². The smallest absolute Gasteiger partial charge is 0.340 e. The maximum atomic E-state index is 12.9. The fourth-order valence-electron chi connectivity index (χ4n) is 3.74. The van der Waals surface area contributed by atoms with E-state index in [0.29, 0.717) is 29.3 Å². The molecule has 1 aliphatic heterocycles. The Labute approximate surface area is 188 Å². The summed E-state index contributed by atoms with van der Waals surface area (Å²) in [5, 5.41) is 10.7. The average molecular weight is 447 g/mol. The second-order valence-corrected chi connectivity index (χ2v) is 7.89. The number of fused-ring (bicyclic) bond motifs is 1. The number of hydrogen-bond acceptors (Lipinski definition) is 8. The van der Waals surface area contributed by atoms with Gasteiger partial charge in [0.1, 0.15) is 23.3 Å². The number of carbonyl (C=O) groups is 2. The number of furan rings is 2. The zero-order chi connectivity index (χ0) is 22.9. The molecular formula is C23H21N5O5. The molecule has 168 valence electrons. The van der Waals surface area contributed by atoms with Crippen molar-refractivity contribution in [1.29, 1.82) is 0 Å². The number of amides is 1. The minimum atomic E-state index is -0.654. The monoisotopic (exact) mass is 447 g/mol.